The van der Waals surface area contributed by atoms with Gasteiger partial charge < -0.3 is 9.32 Å². The van der Waals surface area contributed by atoms with Crippen molar-refractivity contribution in [2.45, 2.75) is 44.4 Å². The van der Waals surface area contributed by atoms with Gasteiger partial charge in [0.15, 0.2) is 5.78 Å². The van der Waals surface area contributed by atoms with Gasteiger partial charge in [0.25, 0.3) is 0 Å². The number of hydrogen-bond donors (Lipinski definition) is 0. The molecule has 0 bridgehead atoms. The average Bonchev–Trinajstić information content (AvgIpc) is 3.65. The Kier molecular flexibility index (Phi) is 5.98. The van der Waals surface area contributed by atoms with Gasteiger partial charge in [0.2, 0.25) is 5.91 Å². The number of fused-ring (bicyclic) bond motifs is 1. The number of ketones is 1. The molecule has 2 aliphatic heterocycles. The molecule has 35 heavy (non-hydrogen) atoms. The summed E-state index contributed by atoms with van der Waals surface area (Å²) in [5.41, 5.74) is 5.05. The summed E-state index contributed by atoms with van der Waals surface area (Å²) < 4.78 is 6.55. The standard InChI is InChI=1S/C29H31N3O3/c33-26-8-6-21-16-22(5-7-24(21)26)25-17-27(35-29(25)20-9-11-30-12-10-20)23-4-3-15-32(18-23)28(34)19-31-13-1-2-14-31/h5,7,9-12,16-17,23H,1-4,6,8,13-15,18-19H2. The number of nitrogens with zero attached hydrogens (tertiary/aromatic N) is 3. The zero-order valence-corrected chi connectivity index (χ0v) is 20.0. The number of aromatic nitrogens is 1. The van der Waals surface area contributed by atoms with Crippen molar-refractivity contribution in [3.63, 3.8) is 0 Å². The SMILES string of the molecule is O=C1CCc2cc(-c3cc(C4CCCN(C(=O)CN5CCCC5)C4)oc3-c3ccncc3)ccc21. The summed E-state index contributed by atoms with van der Waals surface area (Å²) in [5.74, 6) is 2.40. The summed E-state index contributed by atoms with van der Waals surface area (Å²) in [6.45, 7) is 4.13. The number of amides is 1. The molecule has 4 heterocycles. The van der Waals surface area contributed by atoms with E-state index in [1.54, 1.807) is 12.4 Å². The maximum absolute atomic E-state index is 13.0. The van der Waals surface area contributed by atoms with E-state index < -0.39 is 0 Å². The lowest BCUT2D eigenvalue weighted by Gasteiger charge is -2.33. The van der Waals surface area contributed by atoms with Crippen molar-refractivity contribution in [2.75, 3.05) is 32.7 Å². The van der Waals surface area contributed by atoms with E-state index in [0.717, 1.165) is 78.2 Å². The van der Waals surface area contributed by atoms with Crippen molar-refractivity contribution >= 4 is 11.7 Å². The molecule has 2 fully saturated rings. The quantitative estimate of drug-likeness (QED) is 0.530. The van der Waals surface area contributed by atoms with Gasteiger partial charge >= 0.3 is 0 Å². The highest BCUT2D eigenvalue weighted by molar-refractivity contribution is 6.01. The summed E-state index contributed by atoms with van der Waals surface area (Å²) in [7, 11) is 0. The number of Topliss-reactive ketones (excluding diaryl/α,β-unsaturated/α-hetero) is 1. The van der Waals surface area contributed by atoms with Crippen LogP contribution in [-0.4, -0.2) is 59.2 Å². The first kappa shape index (κ1) is 22.2. The predicted octanol–water partition coefficient (Wildman–Crippen LogP) is 4.94. The highest BCUT2D eigenvalue weighted by Gasteiger charge is 2.30. The van der Waals surface area contributed by atoms with Gasteiger partial charge in [-0.1, -0.05) is 18.2 Å². The zero-order valence-electron chi connectivity index (χ0n) is 20.0. The van der Waals surface area contributed by atoms with Crippen LogP contribution in [0.1, 0.15) is 59.7 Å². The van der Waals surface area contributed by atoms with Crippen molar-refractivity contribution in [3.8, 4) is 22.5 Å². The molecule has 0 N–H and O–H groups in total. The van der Waals surface area contributed by atoms with Crippen LogP contribution in [0.25, 0.3) is 22.5 Å². The molecule has 1 aromatic carbocycles. The number of piperidine rings is 1. The van der Waals surface area contributed by atoms with Crippen LogP contribution in [0, 0.1) is 0 Å². The molecule has 1 amide bonds. The summed E-state index contributed by atoms with van der Waals surface area (Å²) in [6.07, 6.45) is 9.33. The highest BCUT2D eigenvalue weighted by atomic mass is 16.3. The van der Waals surface area contributed by atoms with Crippen molar-refractivity contribution in [3.05, 3.63) is 65.7 Å². The smallest absolute Gasteiger partial charge is 0.236 e. The number of aryl methyl sites for hydroxylation is 1. The summed E-state index contributed by atoms with van der Waals surface area (Å²) >= 11 is 0. The van der Waals surface area contributed by atoms with Crippen LogP contribution in [0.2, 0.25) is 0 Å². The van der Waals surface area contributed by atoms with Gasteiger partial charge in [0.05, 0.1) is 6.54 Å². The average molecular weight is 470 g/mol. The Labute approximate surface area is 205 Å². The molecule has 2 aromatic heterocycles. The number of carbonyl (C=O) groups excluding carboxylic acids is 2. The van der Waals surface area contributed by atoms with Crippen molar-refractivity contribution < 1.29 is 14.0 Å². The van der Waals surface area contributed by atoms with E-state index in [4.69, 9.17) is 4.42 Å². The number of rotatable bonds is 5. The van der Waals surface area contributed by atoms with Crippen molar-refractivity contribution in [1.29, 1.82) is 0 Å². The number of carbonyl (C=O) groups is 2. The third kappa shape index (κ3) is 4.43. The zero-order chi connectivity index (χ0) is 23.8. The van der Waals surface area contributed by atoms with Crippen LogP contribution in [0.4, 0.5) is 0 Å². The van der Waals surface area contributed by atoms with E-state index in [9.17, 15) is 9.59 Å². The fourth-order valence-corrected chi connectivity index (χ4v) is 5.83. The molecular weight excluding hydrogens is 438 g/mol. The Hall–Kier alpha value is -3.25. The number of likely N-dealkylation sites (tertiary alicyclic amines) is 2. The molecule has 1 unspecified atom stereocenters. The van der Waals surface area contributed by atoms with E-state index >= 15 is 0 Å². The van der Waals surface area contributed by atoms with E-state index in [-0.39, 0.29) is 17.6 Å². The molecule has 6 heteroatoms. The second-order valence-corrected chi connectivity index (χ2v) is 10.1. The van der Waals surface area contributed by atoms with Gasteiger partial charge in [0.1, 0.15) is 11.5 Å². The molecule has 0 saturated carbocycles. The topological polar surface area (TPSA) is 66.7 Å². The molecule has 3 aromatic rings. The van der Waals surface area contributed by atoms with E-state index in [0.29, 0.717) is 19.5 Å². The second kappa shape index (κ2) is 9.42. The normalized spacial score (nSPS) is 20.4. The van der Waals surface area contributed by atoms with Crippen LogP contribution < -0.4 is 0 Å². The van der Waals surface area contributed by atoms with Gasteiger partial charge in [-0.2, -0.15) is 0 Å². The van der Waals surface area contributed by atoms with Gasteiger partial charge in [-0.3, -0.25) is 19.5 Å². The molecule has 180 valence electrons. The molecule has 0 radical (unpaired) electrons. The molecule has 2 saturated heterocycles. The predicted molar refractivity (Wildman–Crippen MR) is 134 cm³/mol. The third-order valence-electron chi connectivity index (χ3n) is 7.77. The first-order chi connectivity index (χ1) is 17.2. The Morgan fingerprint density at radius 3 is 2.60 bits per heavy atom. The number of hydrogen-bond acceptors (Lipinski definition) is 5. The third-order valence-corrected chi connectivity index (χ3v) is 7.77. The van der Waals surface area contributed by atoms with Crippen LogP contribution >= 0.6 is 0 Å². The maximum atomic E-state index is 13.0. The van der Waals surface area contributed by atoms with Gasteiger partial charge in [-0.05, 0) is 74.5 Å². The Balaban J connectivity index is 1.30. The van der Waals surface area contributed by atoms with Crippen LogP contribution in [0.3, 0.4) is 0 Å². The molecule has 3 aliphatic rings. The minimum Gasteiger partial charge on any atom is -0.460 e. The minimum absolute atomic E-state index is 0.177. The van der Waals surface area contributed by atoms with E-state index in [2.05, 4.69) is 22.0 Å². The highest BCUT2D eigenvalue weighted by Crippen LogP contribution is 2.40. The lowest BCUT2D eigenvalue weighted by atomic mass is 9.93. The molecule has 1 atom stereocenters. The van der Waals surface area contributed by atoms with E-state index in [1.807, 2.05) is 29.2 Å². The summed E-state index contributed by atoms with van der Waals surface area (Å²) in [5, 5.41) is 0. The Morgan fingerprint density at radius 2 is 1.77 bits per heavy atom. The fraction of sp³-hybridized carbons (Fsp3) is 0.414. The van der Waals surface area contributed by atoms with Crippen molar-refractivity contribution in [1.82, 2.24) is 14.8 Å². The lowest BCUT2D eigenvalue weighted by molar-refractivity contribution is -0.133. The number of benzene rings is 1. The summed E-state index contributed by atoms with van der Waals surface area (Å²) in [4.78, 5) is 33.6. The van der Waals surface area contributed by atoms with E-state index in [1.165, 1.54) is 12.8 Å². The Morgan fingerprint density at radius 1 is 0.943 bits per heavy atom. The number of furan rings is 1. The van der Waals surface area contributed by atoms with Gasteiger partial charge in [0, 0.05) is 54.5 Å². The van der Waals surface area contributed by atoms with Crippen LogP contribution in [0.5, 0.6) is 0 Å². The lowest BCUT2D eigenvalue weighted by Crippen LogP contribution is -2.44. The van der Waals surface area contributed by atoms with Gasteiger partial charge in [-0.15, -0.1) is 0 Å². The molecule has 6 nitrogen and oxygen atoms in total. The van der Waals surface area contributed by atoms with Crippen molar-refractivity contribution in [2.24, 2.45) is 0 Å². The van der Waals surface area contributed by atoms with Gasteiger partial charge in [-0.25, -0.2) is 0 Å². The molecule has 1 aliphatic carbocycles. The molecular formula is C29H31N3O3. The first-order valence-electron chi connectivity index (χ1n) is 12.9. The molecule has 0 spiro atoms. The molecule has 6 rings (SSSR count). The van der Waals surface area contributed by atoms with Crippen LogP contribution in [0.15, 0.2) is 53.2 Å². The summed E-state index contributed by atoms with van der Waals surface area (Å²) in [6, 6.07) is 12.2. The minimum atomic E-state index is 0.177. The monoisotopic (exact) mass is 469 g/mol. The van der Waals surface area contributed by atoms with Crippen LogP contribution in [-0.2, 0) is 11.2 Å². The first-order valence-corrected chi connectivity index (χ1v) is 12.9. The fourth-order valence-electron chi connectivity index (χ4n) is 5.83. The largest absolute Gasteiger partial charge is 0.460 e. The second-order valence-electron chi connectivity index (χ2n) is 10.1. The number of pyridine rings is 1. The Bertz CT molecular complexity index is 1240. The maximum Gasteiger partial charge on any atom is 0.236 e.